The normalized spacial score (nSPS) is 11.1. The van der Waals surface area contributed by atoms with Gasteiger partial charge in [0, 0.05) is 27.3 Å². The van der Waals surface area contributed by atoms with E-state index in [-0.39, 0.29) is 0 Å². The van der Waals surface area contributed by atoms with Gasteiger partial charge < -0.3 is 9.88 Å². The summed E-state index contributed by atoms with van der Waals surface area (Å²) < 4.78 is 2.08. The van der Waals surface area contributed by atoms with Crippen molar-refractivity contribution in [1.82, 2.24) is 14.5 Å². The molecule has 0 aliphatic carbocycles. The van der Waals surface area contributed by atoms with Crippen LogP contribution in [0.15, 0.2) is 78.6 Å². The summed E-state index contributed by atoms with van der Waals surface area (Å²) in [5.74, 6) is 0.823. The van der Waals surface area contributed by atoms with Gasteiger partial charge in [-0.15, -0.1) is 11.3 Å². The summed E-state index contributed by atoms with van der Waals surface area (Å²) in [4.78, 5) is 10.5. The Morgan fingerprint density at radius 3 is 2.67 bits per heavy atom. The van der Waals surface area contributed by atoms with Crippen molar-refractivity contribution in [3.05, 3.63) is 94.0 Å². The minimum atomic E-state index is 0.722. The molecule has 0 spiro atoms. The lowest BCUT2D eigenvalue weighted by molar-refractivity contribution is 1.06. The molecule has 0 aliphatic heterocycles. The fourth-order valence-electron chi connectivity index (χ4n) is 3.54. The van der Waals surface area contributed by atoms with Crippen LogP contribution in [-0.2, 0) is 6.54 Å². The molecule has 0 amide bonds. The van der Waals surface area contributed by atoms with Crippen LogP contribution in [0.25, 0.3) is 27.8 Å². The number of hydrogen-bond donors (Lipinski definition) is 1. The molecule has 0 atom stereocenters. The van der Waals surface area contributed by atoms with Gasteiger partial charge in [-0.05, 0) is 41.6 Å². The predicted octanol–water partition coefficient (Wildman–Crippen LogP) is 6.72. The van der Waals surface area contributed by atoms with Crippen LogP contribution in [0.5, 0.6) is 0 Å². The molecule has 6 heteroatoms. The molecule has 1 N–H and O–H groups in total. The average Bonchev–Trinajstić information content (AvgIpc) is 3.43. The van der Waals surface area contributed by atoms with Gasteiger partial charge in [0.2, 0.25) is 0 Å². The Hall–Kier alpha value is -3.15. The number of benzene rings is 2. The Kier molecular flexibility index (Phi) is 4.99. The highest BCUT2D eigenvalue weighted by Crippen LogP contribution is 2.36. The monoisotopic (exact) mass is 430 g/mol. The van der Waals surface area contributed by atoms with Gasteiger partial charge in [0.15, 0.2) is 5.65 Å². The number of anilines is 1. The van der Waals surface area contributed by atoms with E-state index in [2.05, 4.69) is 61.8 Å². The van der Waals surface area contributed by atoms with Crippen molar-refractivity contribution in [3.8, 4) is 16.8 Å². The SMILES string of the molecule is Cc1ccc(-n2cc(-c3ccccc3)c3c(NCc4cccs4)ncnc32)cc1Cl. The molecule has 5 aromatic rings. The number of halogens is 1. The smallest absolute Gasteiger partial charge is 0.150 e. The van der Waals surface area contributed by atoms with Crippen LogP contribution in [0.3, 0.4) is 0 Å². The maximum absolute atomic E-state index is 6.42. The van der Waals surface area contributed by atoms with Gasteiger partial charge in [-0.3, -0.25) is 0 Å². The minimum Gasteiger partial charge on any atom is -0.364 e. The molecule has 2 aromatic carbocycles. The zero-order chi connectivity index (χ0) is 20.5. The number of thiophene rings is 1. The number of hydrogen-bond acceptors (Lipinski definition) is 4. The van der Waals surface area contributed by atoms with Gasteiger partial charge in [-0.25, -0.2) is 9.97 Å². The molecule has 5 rings (SSSR count). The summed E-state index contributed by atoms with van der Waals surface area (Å²) in [6.07, 6.45) is 3.73. The zero-order valence-corrected chi connectivity index (χ0v) is 17.9. The van der Waals surface area contributed by atoms with E-state index in [1.807, 2.05) is 37.3 Å². The van der Waals surface area contributed by atoms with Crippen molar-refractivity contribution < 1.29 is 0 Å². The number of aryl methyl sites for hydroxylation is 1. The second-order valence-electron chi connectivity index (χ2n) is 7.07. The van der Waals surface area contributed by atoms with E-state index in [1.165, 1.54) is 4.88 Å². The van der Waals surface area contributed by atoms with E-state index >= 15 is 0 Å². The number of fused-ring (bicyclic) bond motifs is 1. The number of nitrogens with one attached hydrogen (secondary N) is 1. The van der Waals surface area contributed by atoms with Crippen molar-refractivity contribution in [2.75, 3.05) is 5.32 Å². The standard InChI is InChI=1S/C24H19ClN4S/c1-16-9-10-18(12-21(16)25)29-14-20(17-6-3-2-4-7-17)22-23(27-15-28-24(22)29)26-13-19-8-5-11-30-19/h2-12,14-15H,13H2,1H3,(H,26,27,28). The zero-order valence-electron chi connectivity index (χ0n) is 16.3. The Balaban J connectivity index is 1.70. The lowest BCUT2D eigenvalue weighted by atomic mass is 10.1. The molecule has 0 saturated carbocycles. The Labute approximate surface area is 183 Å². The number of nitrogens with zero attached hydrogens (tertiary/aromatic N) is 3. The molecule has 0 fully saturated rings. The molecular formula is C24H19ClN4S. The molecule has 0 unspecified atom stereocenters. The summed E-state index contributed by atoms with van der Waals surface area (Å²) in [6.45, 7) is 2.73. The summed E-state index contributed by atoms with van der Waals surface area (Å²) >= 11 is 8.15. The second kappa shape index (κ2) is 7.94. The van der Waals surface area contributed by atoms with Crippen molar-refractivity contribution in [1.29, 1.82) is 0 Å². The summed E-state index contributed by atoms with van der Waals surface area (Å²) in [6, 6.07) is 20.6. The number of rotatable bonds is 5. The van der Waals surface area contributed by atoms with E-state index in [9.17, 15) is 0 Å². The lowest BCUT2D eigenvalue weighted by Crippen LogP contribution is -2.02. The minimum absolute atomic E-state index is 0.722. The highest BCUT2D eigenvalue weighted by Gasteiger charge is 2.17. The van der Waals surface area contributed by atoms with Crippen LogP contribution in [-0.4, -0.2) is 14.5 Å². The van der Waals surface area contributed by atoms with Crippen LogP contribution in [0.1, 0.15) is 10.4 Å². The fourth-order valence-corrected chi connectivity index (χ4v) is 4.36. The molecule has 148 valence electrons. The predicted molar refractivity (Wildman–Crippen MR) is 126 cm³/mol. The van der Waals surface area contributed by atoms with Crippen LogP contribution in [0, 0.1) is 6.92 Å². The number of aromatic nitrogens is 3. The topological polar surface area (TPSA) is 42.7 Å². The molecule has 3 heterocycles. The molecule has 30 heavy (non-hydrogen) atoms. The molecule has 4 nitrogen and oxygen atoms in total. The van der Waals surface area contributed by atoms with Gasteiger partial charge in [0.05, 0.1) is 11.9 Å². The van der Waals surface area contributed by atoms with E-state index in [4.69, 9.17) is 11.6 Å². The summed E-state index contributed by atoms with van der Waals surface area (Å²) in [5, 5.41) is 7.32. The Bertz CT molecular complexity index is 1310. The van der Waals surface area contributed by atoms with Crippen LogP contribution >= 0.6 is 22.9 Å². The van der Waals surface area contributed by atoms with E-state index in [0.29, 0.717) is 0 Å². The third-order valence-electron chi connectivity index (χ3n) is 5.11. The van der Waals surface area contributed by atoms with E-state index < -0.39 is 0 Å². The van der Waals surface area contributed by atoms with Crippen molar-refractivity contribution >= 4 is 39.8 Å². The highest BCUT2D eigenvalue weighted by molar-refractivity contribution is 7.09. The second-order valence-corrected chi connectivity index (χ2v) is 8.51. The summed E-state index contributed by atoms with van der Waals surface area (Å²) in [5.41, 5.74) is 5.07. The van der Waals surface area contributed by atoms with Gasteiger partial charge in [0.25, 0.3) is 0 Å². The van der Waals surface area contributed by atoms with Crippen molar-refractivity contribution in [2.24, 2.45) is 0 Å². The van der Waals surface area contributed by atoms with Gasteiger partial charge in [-0.1, -0.05) is 54.1 Å². The Morgan fingerprint density at radius 2 is 1.90 bits per heavy atom. The van der Waals surface area contributed by atoms with E-state index in [0.717, 1.165) is 50.8 Å². The third-order valence-corrected chi connectivity index (χ3v) is 6.40. The average molecular weight is 431 g/mol. The first kappa shape index (κ1) is 18.9. The van der Waals surface area contributed by atoms with Gasteiger partial charge in [-0.2, -0.15) is 0 Å². The lowest BCUT2D eigenvalue weighted by Gasteiger charge is -2.09. The quantitative estimate of drug-likeness (QED) is 0.336. The maximum atomic E-state index is 6.42. The third kappa shape index (κ3) is 3.47. The van der Waals surface area contributed by atoms with Crippen molar-refractivity contribution in [2.45, 2.75) is 13.5 Å². The molecule has 0 bridgehead atoms. The van der Waals surface area contributed by atoms with Crippen LogP contribution in [0.4, 0.5) is 5.82 Å². The first-order valence-corrected chi connectivity index (χ1v) is 10.9. The maximum Gasteiger partial charge on any atom is 0.150 e. The molecular weight excluding hydrogens is 412 g/mol. The largest absolute Gasteiger partial charge is 0.364 e. The fraction of sp³-hybridized carbons (Fsp3) is 0.0833. The highest BCUT2D eigenvalue weighted by atomic mass is 35.5. The summed E-state index contributed by atoms with van der Waals surface area (Å²) in [7, 11) is 0. The van der Waals surface area contributed by atoms with E-state index in [1.54, 1.807) is 17.7 Å². The first-order valence-electron chi connectivity index (χ1n) is 9.65. The van der Waals surface area contributed by atoms with Crippen molar-refractivity contribution in [3.63, 3.8) is 0 Å². The Morgan fingerprint density at radius 1 is 1.03 bits per heavy atom. The molecule has 0 aliphatic rings. The molecule has 3 aromatic heterocycles. The van der Waals surface area contributed by atoms with Gasteiger partial charge >= 0.3 is 0 Å². The van der Waals surface area contributed by atoms with Gasteiger partial charge in [0.1, 0.15) is 12.1 Å². The van der Waals surface area contributed by atoms with Crippen LogP contribution in [0.2, 0.25) is 5.02 Å². The molecule has 0 radical (unpaired) electrons. The molecule has 0 saturated heterocycles. The van der Waals surface area contributed by atoms with Crippen LogP contribution < -0.4 is 5.32 Å². The first-order chi connectivity index (χ1) is 14.7.